The molecule has 100 valence electrons. The van der Waals surface area contributed by atoms with Crippen molar-refractivity contribution in [2.45, 2.75) is 77.3 Å². The minimum absolute atomic E-state index is 0.593. The summed E-state index contributed by atoms with van der Waals surface area (Å²) >= 11 is 0. The van der Waals surface area contributed by atoms with Gasteiger partial charge in [-0.15, -0.1) is 0 Å². The zero-order valence-corrected chi connectivity index (χ0v) is 11.8. The lowest BCUT2D eigenvalue weighted by Gasteiger charge is -2.45. The predicted molar refractivity (Wildman–Crippen MR) is 74.1 cm³/mol. The summed E-state index contributed by atoms with van der Waals surface area (Å²) in [6, 6.07) is 1.65. The number of likely N-dealkylation sites (tertiary alicyclic amines) is 1. The summed E-state index contributed by atoms with van der Waals surface area (Å²) in [7, 11) is 0. The first-order valence-electron chi connectivity index (χ1n) is 7.58. The fraction of sp³-hybridized carbons (Fsp3) is 1.00. The Morgan fingerprint density at radius 1 is 1.12 bits per heavy atom. The highest BCUT2D eigenvalue weighted by atomic mass is 15.2. The molecule has 0 aromatic carbocycles. The molecule has 2 nitrogen and oxygen atoms in total. The molecule has 1 saturated carbocycles. The molecule has 0 aromatic heterocycles. The van der Waals surface area contributed by atoms with Crippen LogP contribution in [0, 0.1) is 5.41 Å². The second kappa shape index (κ2) is 5.71. The SMILES string of the molecule is CC1(C)CCC(N2CCCCC2CCN)CC1. The van der Waals surface area contributed by atoms with Gasteiger partial charge < -0.3 is 5.73 Å². The Morgan fingerprint density at radius 3 is 2.47 bits per heavy atom. The molecule has 0 amide bonds. The molecule has 2 heteroatoms. The average Bonchev–Trinajstić information content (AvgIpc) is 2.31. The third-order valence-electron chi connectivity index (χ3n) is 4.95. The van der Waals surface area contributed by atoms with E-state index in [-0.39, 0.29) is 0 Å². The van der Waals surface area contributed by atoms with E-state index in [4.69, 9.17) is 5.73 Å². The molecule has 1 unspecified atom stereocenters. The van der Waals surface area contributed by atoms with Gasteiger partial charge >= 0.3 is 0 Å². The summed E-state index contributed by atoms with van der Waals surface area (Å²) in [5.41, 5.74) is 6.36. The fourth-order valence-electron chi connectivity index (χ4n) is 3.72. The number of piperidine rings is 1. The summed E-state index contributed by atoms with van der Waals surface area (Å²) in [6.07, 6.45) is 11.0. The van der Waals surface area contributed by atoms with Crippen LogP contribution in [-0.4, -0.2) is 30.1 Å². The van der Waals surface area contributed by atoms with Gasteiger partial charge in [0.15, 0.2) is 0 Å². The van der Waals surface area contributed by atoms with Gasteiger partial charge in [0, 0.05) is 12.1 Å². The highest BCUT2D eigenvalue weighted by Crippen LogP contribution is 2.38. The number of nitrogens with two attached hydrogens (primary N) is 1. The lowest BCUT2D eigenvalue weighted by molar-refractivity contribution is 0.0455. The standard InChI is InChI=1S/C15H30N2/c1-15(2)9-6-14(7-10-15)17-12-4-3-5-13(17)8-11-16/h13-14H,3-12,16H2,1-2H3. The Labute approximate surface area is 107 Å². The quantitative estimate of drug-likeness (QED) is 0.818. The second-order valence-electron chi connectivity index (χ2n) is 6.86. The molecule has 0 spiro atoms. The van der Waals surface area contributed by atoms with Gasteiger partial charge in [-0.3, -0.25) is 4.90 Å². The van der Waals surface area contributed by atoms with Gasteiger partial charge in [-0.25, -0.2) is 0 Å². The molecule has 0 bridgehead atoms. The van der Waals surface area contributed by atoms with E-state index in [0.717, 1.165) is 18.6 Å². The number of nitrogens with zero attached hydrogens (tertiary/aromatic N) is 1. The van der Waals surface area contributed by atoms with Crippen LogP contribution in [0.2, 0.25) is 0 Å². The number of hydrogen-bond donors (Lipinski definition) is 1. The summed E-state index contributed by atoms with van der Waals surface area (Å²) in [5.74, 6) is 0. The van der Waals surface area contributed by atoms with Gasteiger partial charge in [0.2, 0.25) is 0 Å². The Hall–Kier alpha value is -0.0800. The van der Waals surface area contributed by atoms with Crippen molar-refractivity contribution in [3.8, 4) is 0 Å². The van der Waals surface area contributed by atoms with E-state index >= 15 is 0 Å². The lowest BCUT2D eigenvalue weighted by Crippen LogP contribution is -2.48. The summed E-state index contributed by atoms with van der Waals surface area (Å²) in [5, 5.41) is 0. The third kappa shape index (κ3) is 3.45. The molecule has 1 aliphatic heterocycles. The van der Waals surface area contributed by atoms with Gasteiger partial charge in [0.25, 0.3) is 0 Å². The van der Waals surface area contributed by atoms with E-state index in [9.17, 15) is 0 Å². The van der Waals surface area contributed by atoms with Gasteiger partial charge in [0.05, 0.1) is 0 Å². The molecular weight excluding hydrogens is 208 g/mol. The molecule has 1 heterocycles. The topological polar surface area (TPSA) is 29.3 Å². The van der Waals surface area contributed by atoms with Crippen molar-refractivity contribution in [2.24, 2.45) is 11.1 Å². The molecule has 1 atom stereocenters. The number of rotatable bonds is 3. The Kier molecular flexibility index (Phi) is 4.48. The Morgan fingerprint density at radius 2 is 1.82 bits per heavy atom. The van der Waals surface area contributed by atoms with Crippen LogP contribution in [0.1, 0.15) is 65.2 Å². The normalized spacial score (nSPS) is 31.6. The molecule has 2 rings (SSSR count). The fourth-order valence-corrected chi connectivity index (χ4v) is 3.72. The van der Waals surface area contributed by atoms with Crippen LogP contribution in [0.4, 0.5) is 0 Å². The van der Waals surface area contributed by atoms with Crippen LogP contribution < -0.4 is 5.73 Å². The molecule has 17 heavy (non-hydrogen) atoms. The number of hydrogen-bond acceptors (Lipinski definition) is 2. The van der Waals surface area contributed by atoms with Crippen molar-refractivity contribution in [1.82, 2.24) is 4.90 Å². The maximum absolute atomic E-state index is 5.77. The lowest BCUT2D eigenvalue weighted by atomic mass is 9.74. The highest BCUT2D eigenvalue weighted by Gasteiger charge is 2.33. The highest BCUT2D eigenvalue weighted by molar-refractivity contribution is 4.88. The van der Waals surface area contributed by atoms with E-state index in [1.54, 1.807) is 0 Å². The summed E-state index contributed by atoms with van der Waals surface area (Å²) in [6.45, 7) is 7.04. The first kappa shape index (κ1) is 13.4. The molecule has 1 aliphatic carbocycles. The van der Waals surface area contributed by atoms with Crippen molar-refractivity contribution in [1.29, 1.82) is 0 Å². The Bertz CT molecular complexity index is 225. The molecular formula is C15H30N2. The van der Waals surface area contributed by atoms with E-state index in [1.165, 1.54) is 57.9 Å². The minimum atomic E-state index is 0.593. The van der Waals surface area contributed by atoms with Crippen molar-refractivity contribution < 1.29 is 0 Å². The van der Waals surface area contributed by atoms with Gasteiger partial charge in [-0.05, 0) is 63.5 Å². The minimum Gasteiger partial charge on any atom is -0.330 e. The molecule has 1 saturated heterocycles. The van der Waals surface area contributed by atoms with Gasteiger partial charge in [-0.2, -0.15) is 0 Å². The van der Waals surface area contributed by atoms with Crippen molar-refractivity contribution in [2.75, 3.05) is 13.1 Å². The molecule has 2 fully saturated rings. The summed E-state index contributed by atoms with van der Waals surface area (Å²) in [4.78, 5) is 2.81. The Balaban J connectivity index is 1.91. The van der Waals surface area contributed by atoms with Crippen LogP contribution in [0.25, 0.3) is 0 Å². The zero-order chi connectivity index (χ0) is 12.3. The zero-order valence-electron chi connectivity index (χ0n) is 11.8. The van der Waals surface area contributed by atoms with Crippen LogP contribution >= 0.6 is 0 Å². The first-order chi connectivity index (χ1) is 8.12. The smallest absolute Gasteiger partial charge is 0.0110 e. The maximum atomic E-state index is 5.77. The van der Waals surface area contributed by atoms with Crippen LogP contribution in [0.15, 0.2) is 0 Å². The van der Waals surface area contributed by atoms with Crippen molar-refractivity contribution in [3.05, 3.63) is 0 Å². The maximum Gasteiger partial charge on any atom is 0.0110 e. The summed E-state index contributed by atoms with van der Waals surface area (Å²) < 4.78 is 0. The third-order valence-corrected chi connectivity index (χ3v) is 4.95. The molecule has 2 N–H and O–H groups in total. The van der Waals surface area contributed by atoms with E-state index in [1.807, 2.05) is 0 Å². The van der Waals surface area contributed by atoms with Crippen LogP contribution in [0.5, 0.6) is 0 Å². The monoisotopic (exact) mass is 238 g/mol. The van der Waals surface area contributed by atoms with E-state index in [2.05, 4.69) is 18.7 Å². The van der Waals surface area contributed by atoms with Crippen LogP contribution in [0.3, 0.4) is 0 Å². The second-order valence-corrected chi connectivity index (χ2v) is 6.86. The van der Waals surface area contributed by atoms with Crippen molar-refractivity contribution >= 4 is 0 Å². The van der Waals surface area contributed by atoms with E-state index in [0.29, 0.717) is 5.41 Å². The molecule has 0 radical (unpaired) electrons. The van der Waals surface area contributed by atoms with Gasteiger partial charge in [-0.1, -0.05) is 20.3 Å². The van der Waals surface area contributed by atoms with E-state index < -0.39 is 0 Å². The average molecular weight is 238 g/mol. The predicted octanol–water partition coefficient (Wildman–Crippen LogP) is 3.16. The van der Waals surface area contributed by atoms with Crippen molar-refractivity contribution in [3.63, 3.8) is 0 Å². The van der Waals surface area contributed by atoms with Gasteiger partial charge in [0.1, 0.15) is 0 Å². The molecule has 2 aliphatic rings. The molecule has 0 aromatic rings. The first-order valence-corrected chi connectivity index (χ1v) is 7.58. The largest absolute Gasteiger partial charge is 0.330 e. The van der Waals surface area contributed by atoms with Crippen LogP contribution in [-0.2, 0) is 0 Å².